The number of pyridine rings is 1. The molecule has 0 aliphatic rings. The molecule has 98 valence electrons. The van der Waals surface area contributed by atoms with Gasteiger partial charge in [-0.15, -0.1) is 0 Å². The van der Waals surface area contributed by atoms with E-state index in [9.17, 15) is 4.79 Å². The minimum atomic E-state index is -1.06. The van der Waals surface area contributed by atoms with E-state index in [-0.39, 0.29) is 11.4 Å². The van der Waals surface area contributed by atoms with Crippen molar-refractivity contribution in [1.29, 1.82) is 0 Å². The number of hydrogen-bond acceptors (Lipinski definition) is 3. The molecule has 4 nitrogen and oxygen atoms in total. The summed E-state index contributed by atoms with van der Waals surface area (Å²) in [5, 5.41) is 12.9. The minimum absolute atomic E-state index is 0.0651. The number of rotatable bonds is 3. The van der Waals surface area contributed by atoms with Gasteiger partial charge in [0, 0.05) is 11.2 Å². The van der Waals surface area contributed by atoms with Crippen molar-refractivity contribution in [1.82, 2.24) is 4.98 Å². The molecule has 6 heteroatoms. The Bertz CT molecular complexity index is 645. The third-order valence-corrected chi connectivity index (χ3v) is 3.26. The molecule has 0 fully saturated rings. The highest BCUT2D eigenvalue weighted by molar-refractivity contribution is 6.35. The number of halogens is 2. The topological polar surface area (TPSA) is 62.2 Å². The van der Waals surface area contributed by atoms with Crippen molar-refractivity contribution < 1.29 is 9.90 Å². The molecule has 1 aromatic carbocycles. The van der Waals surface area contributed by atoms with E-state index >= 15 is 0 Å². The van der Waals surface area contributed by atoms with Gasteiger partial charge in [0.05, 0.1) is 10.7 Å². The van der Waals surface area contributed by atoms with Gasteiger partial charge in [-0.3, -0.25) is 0 Å². The Morgan fingerprint density at radius 2 is 2.05 bits per heavy atom. The van der Waals surface area contributed by atoms with Crippen LogP contribution in [0.15, 0.2) is 30.5 Å². The van der Waals surface area contributed by atoms with Crippen LogP contribution in [0.1, 0.15) is 15.9 Å². The first-order valence-electron chi connectivity index (χ1n) is 5.40. The molecule has 0 unspecified atom stereocenters. The van der Waals surface area contributed by atoms with Crippen LogP contribution in [0.4, 0.5) is 11.5 Å². The fraction of sp³-hybridized carbons (Fsp3) is 0.0769. The molecule has 2 rings (SSSR count). The van der Waals surface area contributed by atoms with Crippen molar-refractivity contribution >= 4 is 40.7 Å². The van der Waals surface area contributed by atoms with E-state index in [1.165, 1.54) is 12.3 Å². The number of nitrogens with one attached hydrogen (secondary N) is 1. The highest BCUT2D eigenvalue weighted by Gasteiger charge is 2.12. The normalized spacial score (nSPS) is 10.3. The van der Waals surface area contributed by atoms with Gasteiger partial charge in [0.25, 0.3) is 0 Å². The van der Waals surface area contributed by atoms with Crippen LogP contribution in [-0.4, -0.2) is 16.1 Å². The Hall–Kier alpha value is -1.78. The van der Waals surface area contributed by atoms with Crippen molar-refractivity contribution in [3.63, 3.8) is 0 Å². The molecule has 1 aromatic heterocycles. The summed E-state index contributed by atoms with van der Waals surface area (Å²) in [5.41, 5.74) is 1.42. The maximum Gasteiger partial charge on any atom is 0.339 e. The number of benzene rings is 1. The van der Waals surface area contributed by atoms with E-state index in [2.05, 4.69) is 10.3 Å². The number of carbonyl (C=O) groups is 1. The predicted molar refractivity (Wildman–Crippen MR) is 75.7 cm³/mol. The van der Waals surface area contributed by atoms with Gasteiger partial charge in [-0.05, 0) is 36.8 Å². The van der Waals surface area contributed by atoms with Crippen molar-refractivity contribution in [2.45, 2.75) is 6.92 Å². The molecule has 0 saturated heterocycles. The first-order valence-corrected chi connectivity index (χ1v) is 6.15. The molecule has 19 heavy (non-hydrogen) atoms. The molecular weight excluding hydrogens is 287 g/mol. The lowest BCUT2D eigenvalue weighted by Crippen LogP contribution is -2.04. The Labute approximate surface area is 120 Å². The fourth-order valence-corrected chi connectivity index (χ4v) is 1.98. The van der Waals surface area contributed by atoms with Crippen LogP contribution in [0.2, 0.25) is 10.0 Å². The van der Waals surface area contributed by atoms with Gasteiger partial charge < -0.3 is 10.4 Å². The van der Waals surface area contributed by atoms with Gasteiger partial charge in [-0.2, -0.15) is 0 Å². The van der Waals surface area contributed by atoms with Crippen molar-refractivity contribution in [2.75, 3.05) is 5.32 Å². The molecule has 0 atom stereocenters. The van der Waals surface area contributed by atoms with Gasteiger partial charge >= 0.3 is 5.97 Å². The molecule has 0 aliphatic heterocycles. The van der Waals surface area contributed by atoms with Gasteiger partial charge in [0.15, 0.2) is 0 Å². The second-order valence-electron chi connectivity index (χ2n) is 3.91. The molecule has 1 heterocycles. The summed E-state index contributed by atoms with van der Waals surface area (Å²) in [5.74, 6) is -0.846. The second-order valence-corrected chi connectivity index (χ2v) is 4.73. The molecule has 0 amide bonds. The minimum Gasteiger partial charge on any atom is -0.478 e. The summed E-state index contributed by atoms with van der Waals surface area (Å²) >= 11 is 12.1. The van der Waals surface area contributed by atoms with E-state index in [1.54, 1.807) is 18.2 Å². The average Bonchev–Trinajstić information content (AvgIpc) is 2.36. The quantitative estimate of drug-likeness (QED) is 0.893. The molecule has 0 bridgehead atoms. The standard InChI is InChI=1S/C13H10Cl2N2O2/c1-7-5-10(15)11(6-9(7)14)17-12-8(13(18)19)3-2-4-16-12/h2-6H,1H3,(H,16,17)(H,18,19). The summed E-state index contributed by atoms with van der Waals surface area (Å²) in [7, 11) is 0. The van der Waals surface area contributed by atoms with Gasteiger partial charge in [-0.25, -0.2) is 9.78 Å². The van der Waals surface area contributed by atoms with Crippen molar-refractivity contribution in [2.24, 2.45) is 0 Å². The Morgan fingerprint density at radius 1 is 1.32 bits per heavy atom. The largest absolute Gasteiger partial charge is 0.478 e. The second kappa shape index (κ2) is 5.47. The molecule has 2 aromatic rings. The first-order chi connectivity index (χ1) is 8.99. The highest BCUT2D eigenvalue weighted by Crippen LogP contribution is 2.31. The molecule has 2 N–H and O–H groups in total. The fourth-order valence-electron chi connectivity index (χ4n) is 1.55. The van der Waals surface area contributed by atoms with E-state index < -0.39 is 5.97 Å². The van der Waals surface area contributed by atoms with Crippen LogP contribution in [0.3, 0.4) is 0 Å². The van der Waals surface area contributed by atoms with Crippen LogP contribution in [0.5, 0.6) is 0 Å². The maximum absolute atomic E-state index is 11.1. The lowest BCUT2D eigenvalue weighted by atomic mass is 10.2. The molecular formula is C13H10Cl2N2O2. The van der Waals surface area contributed by atoms with Crippen LogP contribution < -0.4 is 5.32 Å². The zero-order chi connectivity index (χ0) is 14.0. The maximum atomic E-state index is 11.1. The SMILES string of the molecule is Cc1cc(Cl)c(Nc2ncccc2C(=O)O)cc1Cl. The summed E-state index contributed by atoms with van der Waals surface area (Å²) < 4.78 is 0. The Kier molecular flexibility index (Phi) is 3.93. The lowest BCUT2D eigenvalue weighted by molar-refractivity contribution is 0.0697. The van der Waals surface area contributed by atoms with E-state index in [0.29, 0.717) is 15.7 Å². The van der Waals surface area contributed by atoms with Crippen LogP contribution in [0.25, 0.3) is 0 Å². The summed E-state index contributed by atoms with van der Waals surface area (Å²) in [6.45, 7) is 1.83. The molecule has 0 spiro atoms. The molecule has 0 aliphatic carbocycles. The van der Waals surface area contributed by atoms with Crippen LogP contribution in [0, 0.1) is 6.92 Å². The average molecular weight is 297 g/mol. The number of aromatic nitrogens is 1. The Balaban J connectivity index is 2.42. The third kappa shape index (κ3) is 2.97. The van der Waals surface area contributed by atoms with Crippen molar-refractivity contribution in [3.05, 3.63) is 51.6 Å². The number of nitrogens with zero attached hydrogens (tertiary/aromatic N) is 1. The third-order valence-electron chi connectivity index (χ3n) is 2.54. The smallest absolute Gasteiger partial charge is 0.339 e. The number of aryl methyl sites for hydroxylation is 1. The van der Waals surface area contributed by atoms with Gasteiger partial charge in [0.1, 0.15) is 11.4 Å². The predicted octanol–water partition coefficient (Wildman–Crippen LogP) is 4.14. The number of carboxylic acid groups (broad SMARTS) is 1. The number of anilines is 2. The zero-order valence-corrected chi connectivity index (χ0v) is 11.5. The summed E-state index contributed by atoms with van der Waals surface area (Å²) in [6, 6.07) is 6.36. The van der Waals surface area contributed by atoms with E-state index in [4.69, 9.17) is 28.3 Å². The van der Waals surface area contributed by atoms with Crippen LogP contribution in [-0.2, 0) is 0 Å². The summed E-state index contributed by atoms with van der Waals surface area (Å²) in [6.07, 6.45) is 1.50. The Morgan fingerprint density at radius 3 is 2.74 bits per heavy atom. The molecule has 0 saturated carbocycles. The van der Waals surface area contributed by atoms with Crippen molar-refractivity contribution in [3.8, 4) is 0 Å². The van der Waals surface area contributed by atoms with Crippen LogP contribution >= 0.6 is 23.2 Å². The lowest BCUT2D eigenvalue weighted by Gasteiger charge is -2.11. The van der Waals surface area contributed by atoms with Gasteiger partial charge in [0.2, 0.25) is 0 Å². The summed E-state index contributed by atoms with van der Waals surface area (Å²) in [4.78, 5) is 15.1. The van der Waals surface area contributed by atoms with E-state index in [1.807, 2.05) is 6.92 Å². The zero-order valence-electron chi connectivity index (χ0n) is 9.95. The number of aromatic carboxylic acids is 1. The number of hydrogen-bond donors (Lipinski definition) is 2. The van der Waals surface area contributed by atoms with E-state index in [0.717, 1.165) is 5.56 Å². The number of carboxylic acids is 1. The first kappa shape index (κ1) is 13.6. The van der Waals surface area contributed by atoms with Gasteiger partial charge in [-0.1, -0.05) is 23.2 Å². The highest BCUT2D eigenvalue weighted by atomic mass is 35.5. The monoisotopic (exact) mass is 296 g/mol. The molecule has 0 radical (unpaired) electrons.